The van der Waals surface area contributed by atoms with E-state index in [1.807, 2.05) is 23.1 Å². The van der Waals surface area contributed by atoms with E-state index in [0.29, 0.717) is 12.0 Å². The number of nitrogens with zero attached hydrogens (tertiary/aromatic N) is 3. The highest BCUT2D eigenvalue weighted by Crippen LogP contribution is 2.26. The van der Waals surface area contributed by atoms with Crippen LogP contribution in [0.15, 0.2) is 18.5 Å². The molecular weight excluding hydrogens is 212 g/mol. The number of nitrogens with two attached hydrogens (primary N) is 1. The van der Waals surface area contributed by atoms with Gasteiger partial charge in [0.25, 0.3) is 0 Å². The van der Waals surface area contributed by atoms with Gasteiger partial charge in [0.2, 0.25) is 0 Å². The smallest absolute Gasteiger partial charge is 0.0536 e. The Labute approximate surface area is 104 Å². The zero-order chi connectivity index (χ0) is 12.3. The first-order valence-corrected chi connectivity index (χ1v) is 6.62. The molecule has 2 rings (SSSR count). The summed E-state index contributed by atoms with van der Waals surface area (Å²) in [5.74, 6) is 1.49. The largest absolute Gasteiger partial charge is 0.329 e. The van der Waals surface area contributed by atoms with Crippen molar-refractivity contribution in [2.45, 2.75) is 32.9 Å². The van der Waals surface area contributed by atoms with Crippen LogP contribution in [0, 0.1) is 11.8 Å². The number of hydrogen-bond donors (Lipinski definition) is 1. The van der Waals surface area contributed by atoms with Crippen molar-refractivity contribution in [1.29, 1.82) is 0 Å². The van der Waals surface area contributed by atoms with E-state index in [1.54, 1.807) is 0 Å². The maximum atomic E-state index is 5.91. The second-order valence-electron chi connectivity index (χ2n) is 5.39. The molecule has 1 saturated heterocycles. The van der Waals surface area contributed by atoms with Crippen molar-refractivity contribution in [2.24, 2.45) is 17.6 Å². The van der Waals surface area contributed by atoms with E-state index >= 15 is 0 Å². The Balaban J connectivity index is 1.92. The van der Waals surface area contributed by atoms with E-state index < -0.39 is 0 Å². The molecule has 2 N–H and O–H groups in total. The molecule has 1 fully saturated rings. The van der Waals surface area contributed by atoms with Crippen LogP contribution < -0.4 is 5.73 Å². The standard InChI is InChI=1S/C13H24N4/c1-11-8-12(2)13(9-14)16(10-11)6-7-17-5-3-4-15-17/h3-5,11-13H,6-10,14H2,1-2H3. The summed E-state index contributed by atoms with van der Waals surface area (Å²) in [6.45, 7) is 8.62. The Morgan fingerprint density at radius 1 is 1.35 bits per heavy atom. The molecule has 0 bridgehead atoms. The highest BCUT2D eigenvalue weighted by Gasteiger charge is 2.30. The van der Waals surface area contributed by atoms with Crippen molar-refractivity contribution in [3.05, 3.63) is 18.5 Å². The van der Waals surface area contributed by atoms with Crippen molar-refractivity contribution >= 4 is 0 Å². The molecule has 1 aromatic rings. The SMILES string of the molecule is CC1CC(C)C(CN)N(CCn2cccn2)C1. The highest BCUT2D eigenvalue weighted by molar-refractivity contribution is 4.86. The van der Waals surface area contributed by atoms with E-state index in [4.69, 9.17) is 5.73 Å². The number of hydrogen-bond acceptors (Lipinski definition) is 3. The summed E-state index contributed by atoms with van der Waals surface area (Å²) in [6, 6.07) is 2.52. The third-order valence-corrected chi connectivity index (χ3v) is 3.86. The zero-order valence-corrected chi connectivity index (χ0v) is 10.9. The molecule has 17 heavy (non-hydrogen) atoms. The summed E-state index contributed by atoms with van der Waals surface area (Å²) in [5, 5.41) is 4.25. The van der Waals surface area contributed by atoms with E-state index in [-0.39, 0.29) is 0 Å². The molecule has 96 valence electrons. The average Bonchev–Trinajstić information content (AvgIpc) is 2.78. The van der Waals surface area contributed by atoms with Crippen molar-refractivity contribution in [3.63, 3.8) is 0 Å². The summed E-state index contributed by atoms with van der Waals surface area (Å²) < 4.78 is 2.00. The minimum Gasteiger partial charge on any atom is -0.329 e. The van der Waals surface area contributed by atoms with Gasteiger partial charge >= 0.3 is 0 Å². The van der Waals surface area contributed by atoms with Gasteiger partial charge in [-0.15, -0.1) is 0 Å². The lowest BCUT2D eigenvalue weighted by molar-refractivity contribution is 0.0695. The van der Waals surface area contributed by atoms with E-state index in [2.05, 4.69) is 23.8 Å². The molecule has 2 heterocycles. The van der Waals surface area contributed by atoms with Crippen LogP contribution in [0.3, 0.4) is 0 Å². The number of rotatable bonds is 4. The Morgan fingerprint density at radius 2 is 2.18 bits per heavy atom. The van der Waals surface area contributed by atoms with Crippen molar-refractivity contribution in [1.82, 2.24) is 14.7 Å². The topological polar surface area (TPSA) is 47.1 Å². The van der Waals surface area contributed by atoms with Crippen LogP contribution in [0.1, 0.15) is 20.3 Å². The first-order valence-electron chi connectivity index (χ1n) is 6.62. The fraction of sp³-hybridized carbons (Fsp3) is 0.769. The molecule has 1 aliphatic rings. The third-order valence-electron chi connectivity index (χ3n) is 3.86. The molecule has 3 atom stereocenters. The summed E-state index contributed by atoms with van der Waals surface area (Å²) in [5.41, 5.74) is 5.91. The fourth-order valence-electron chi connectivity index (χ4n) is 3.06. The van der Waals surface area contributed by atoms with Crippen LogP contribution in [0.2, 0.25) is 0 Å². The van der Waals surface area contributed by atoms with Gasteiger partial charge in [-0.25, -0.2) is 0 Å². The second-order valence-corrected chi connectivity index (χ2v) is 5.39. The van der Waals surface area contributed by atoms with Gasteiger partial charge < -0.3 is 5.73 Å². The molecule has 3 unspecified atom stereocenters. The molecule has 0 spiro atoms. The molecule has 0 radical (unpaired) electrons. The molecule has 4 heteroatoms. The van der Waals surface area contributed by atoms with Crippen LogP contribution in [0.4, 0.5) is 0 Å². The molecule has 1 aliphatic heterocycles. The Kier molecular flexibility index (Phi) is 4.18. The van der Waals surface area contributed by atoms with Crippen LogP contribution in [0.5, 0.6) is 0 Å². The molecule has 0 aliphatic carbocycles. The highest BCUT2D eigenvalue weighted by atomic mass is 15.3. The van der Waals surface area contributed by atoms with E-state index in [9.17, 15) is 0 Å². The first-order chi connectivity index (χ1) is 8.20. The average molecular weight is 236 g/mol. The van der Waals surface area contributed by atoms with Gasteiger partial charge in [0, 0.05) is 38.1 Å². The Morgan fingerprint density at radius 3 is 2.82 bits per heavy atom. The molecular formula is C13H24N4. The number of aromatic nitrogens is 2. The van der Waals surface area contributed by atoms with Crippen LogP contribution in [0.25, 0.3) is 0 Å². The monoisotopic (exact) mass is 236 g/mol. The molecule has 0 amide bonds. The summed E-state index contributed by atoms with van der Waals surface area (Å²) in [6.07, 6.45) is 5.16. The summed E-state index contributed by atoms with van der Waals surface area (Å²) >= 11 is 0. The van der Waals surface area contributed by atoms with Gasteiger partial charge in [0.05, 0.1) is 6.54 Å². The number of piperidine rings is 1. The van der Waals surface area contributed by atoms with Gasteiger partial charge in [0.1, 0.15) is 0 Å². The minimum absolute atomic E-state index is 0.543. The molecule has 0 aromatic carbocycles. The van der Waals surface area contributed by atoms with E-state index in [0.717, 1.165) is 25.6 Å². The maximum Gasteiger partial charge on any atom is 0.0536 e. The lowest BCUT2D eigenvalue weighted by atomic mass is 9.85. The van der Waals surface area contributed by atoms with Gasteiger partial charge in [0.15, 0.2) is 0 Å². The van der Waals surface area contributed by atoms with Gasteiger partial charge in [-0.2, -0.15) is 5.10 Å². The van der Waals surface area contributed by atoms with Crippen molar-refractivity contribution in [2.75, 3.05) is 19.6 Å². The maximum absolute atomic E-state index is 5.91. The van der Waals surface area contributed by atoms with Gasteiger partial charge in [-0.05, 0) is 24.3 Å². The van der Waals surface area contributed by atoms with Gasteiger partial charge in [-0.1, -0.05) is 13.8 Å². The molecule has 1 aromatic heterocycles. The fourth-order valence-corrected chi connectivity index (χ4v) is 3.06. The third kappa shape index (κ3) is 3.07. The summed E-state index contributed by atoms with van der Waals surface area (Å²) in [4.78, 5) is 2.54. The predicted octanol–water partition coefficient (Wildman–Crippen LogP) is 1.19. The van der Waals surface area contributed by atoms with Crippen LogP contribution in [-0.4, -0.2) is 40.4 Å². The number of likely N-dealkylation sites (tertiary alicyclic amines) is 1. The van der Waals surface area contributed by atoms with Gasteiger partial charge in [-0.3, -0.25) is 9.58 Å². The lowest BCUT2D eigenvalue weighted by Crippen LogP contribution is -2.51. The normalized spacial score (nSPS) is 30.6. The van der Waals surface area contributed by atoms with Crippen molar-refractivity contribution < 1.29 is 0 Å². The minimum atomic E-state index is 0.543. The van der Waals surface area contributed by atoms with E-state index in [1.165, 1.54) is 13.0 Å². The molecule has 0 saturated carbocycles. The summed E-state index contributed by atoms with van der Waals surface area (Å²) in [7, 11) is 0. The Hall–Kier alpha value is -0.870. The van der Waals surface area contributed by atoms with Crippen LogP contribution >= 0.6 is 0 Å². The lowest BCUT2D eigenvalue weighted by Gasteiger charge is -2.42. The predicted molar refractivity (Wildman–Crippen MR) is 69.6 cm³/mol. The first kappa shape index (κ1) is 12.6. The Bertz CT molecular complexity index is 322. The molecule has 4 nitrogen and oxygen atoms in total. The van der Waals surface area contributed by atoms with Crippen molar-refractivity contribution in [3.8, 4) is 0 Å². The zero-order valence-electron chi connectivity index (χ0n) is 10.9. The van der Waals surface area contributed by atoms with Crippen LogP contribution in [-0.2, 0) is 6.54 Å². The quantitative estimate of drug-likeness (QED) is 0.854. The second kappa shape index (κ2) is 5.65.